The Balaban J connectivity index is 1.40. The number of hydrogen-bond donors (Lipinski definition) is 3. The van der Waals surface area contributed by atoms with Crippen molar-refractivity contribution in [1.82, 2.24) is 30.8 Å². The van der Waals surface area contributed by atoms with E-state index < -0.39 is 17.9 Å². The maximum atomic E-state index is 13.8. The fraction of sp³-hybridized carbons (Fsp3) is 0.240. The summed E-state index contributed by atoms with van der Waals surface area (Å²) in [5, 5.41) is 1.31. The second-order valence-corrected chi connectivity index (χ2v) is 8.75. The predicted octanol–water partition coefficient (Wildman–Crippen LogP) is 3.93. The lowest BCUT2D eigenvalue weighted by molar-refractivity contribution is -0.137. The Labute approximate surface area is 217 Å². The number of benzene rings is 2. The summed E-state index contributed by atoms with van der Waals surface area (Å²) in [5.74, 6) is -1.24. The molecular weight excluding hydrogens is 506 g/mol. The molecular formula is C25H25ClF2N6O3. The third-order valence-corrected chi connectivity index (χ3v) is 6.19. The number of nitrogens with one attached hydrogen (secondary N) is 3. The Morgan fingerprint density at radius 3 is 2.89 bits per heavy atom. The normalized spacial score (nSPS) is 13.2. The van der Waals surface area contributed by atoms with Gasteiger partial charge >= 0.3 is 6.03 Å². The Hall–Kier alpha value is -3.80. The molecule has 0 unspecified atom stereocenters. The quantitative estimate of drug-likeness (QED) is 0.364. The Morgan fingerprint density at radius 1 is 1.30 bits per heavy atom. The van der Waals surface area contributed by atoms with Crippen LogP contribution in [0.3, 0.4) is 0 Å². The van der Waals surface area contributed by atoms with Crippen LogP contribution in [0.5, 0.6) is 0 Å². The standard InChI is InChI=1S/C25H25ClF2N6O3/c1-16(35)34(31-11-18-3-2-4-23(28)24(18)26)22(10-21-12-29-15-30-21)14-37-32-25(36)33-8-7-17-9-20(27)6-5-19(17)13-33/h2-9,12,15,22,31H,10-11,13-14H2,1H3,(H,29,30)(H,32,36)/t22-/m0/s1. The molecule has 3 N–H and O–H groups in total. The van der Waals surface area contributed by atoms with Gasteiger partial charge in [0.2, 0.25) is 5.91 Å². The molecule has 0 spiro atoms. The first-order valence-corrected chi connectivity index (χ1v) is 11.8. The molecule has 3 amide bonds. The number of rotatable bonds is 9. The van der Waals surface area contributed by atoms with Gasteiger partial charge in [-0.2, -0.15) is 0 Å². The van der Waals surface area contributed by atoms with Gasteiger partial charge in [-0.25, -0.2) is 29.5 Å². The second-order valence-electron chi connectivity index (χ2n) is 8.38. The molecule has 0 radical (unpaired) electrons. The number of nitrogens with zero attached hydrogens (tertiary/aromatic N) is 3. The van der Waals surface area contributed by atoms with Gasteiger partial charge in [-0.3, -0.25) is 19.5 Å². The summed E-state index contributed by atoms with van der Waals surface area (Å²) in [7, 11) is 0. The minimum atomic E-state index is -0.578. The lowest BCUT2D eigenvalue weighted by Gasteiger charge is -2.31. The fourth-order valence-corrected chi connectivity index (χ4v) is 4.09. The number of aromatic nitrogens is 2. The molecule has 0 bridgehead atoms. The van der Waals surface area contributed by atoms with Gasteiger partial charge in [-0.05, 0) is 41.0 Å². The lowest BCUT2D eigenvalue weighted by Crippen LogP contribution is -2.52. The summed E-state index contributed by atoms with van der Waals surface area (Å²) >= 11 is 6.05. The number of fused-ring (bicyclic) bond motifs is 1. The van der Waals surface area contributed by atoms with Crippen molar-refractivity contribution in [2.45, 2.75) is 32.5 Å². The molecule has 4 rings (SSSR count). The Morgan fingerprint density at radius 2 is 2.14 bits per heavy atom. The number of H-pyrrole nitrogens is 1. The molecule has 37 heavy (non-hydrogen) atoms. The summed E-state index contributed by atoms with van der Waals surface area (Å²) in [6.45, 7) is 1.63. The van der Waals surface area contributed by atoms with E-state index in [1.807, 2.05) is 0 Å². The number of amides is 3. The fourth-order valence-electron chi connectivity index (χ4n) is 3.90. The number of halogens is 3. The molecule has 0 saturated heterocycles. The number of urea groups is 1. The van der Waals surface area contributed by atoms with Crippen molar-refractivity contribution in [3.05, 3.63) is 94.2 Å². The van der Waals surface area contributed by atoms with Crippen LogP contribution in [0.25, 0.3) is 6.08 Å². The molecule has 1 aliphatic heterocycles. The number of hydrogen-bond acceptors (Lipinski definition) is 5. The molecule has 1 atom stereocenters. The monoisotopic (exact) mass is 530 g/mol. The SMILES string of the molecule is CC(=O)N(NCc1cccc(F)c1Cl)[C@H](CONC(=O)N1C=Cc2cc(F)ccc2C1)Cc1cnc[nH]1. The zero-order chi connectivity index (χ0) is 26.4. The van der Waals surface area contributed by atoms with E-state index in [1.54, 1.807) is 24.4 Å². The van der Waals surface area contributed by atoms with Gasteiger partial charge in [0.15, 0.2) is 0 Å². The summed E-state index contributed by atoms with van der Waals surface area (Å²) < 4.78 is 27.3. The average molecular weight is 531 g/mol. The summed E-state index contributed by atoms with van der Waals surface area (Å²) in [6.07, 6.45) is 6.63. The predicted molar refractivity (Wildman–Crippen MR) is 132 cm³/mol. The lowest BCUT2D eigenvalue weighted by atomic mass is 10.0. The van der Waals surface area contributed by atoms with Crippen molar-refractivity contribution in [2.24, 2.45) is 0 Å². The number of carbonyl (C=O) groups excluding carboxylic acids is 2. The number of imidazole rings is 1. The van der Waals surface area contributed by atoms with Gasteiger partial charge in [-0.1, -0.05) is 29.8 Å². The van der Waals surface area contributed by atoms with Crippen LogP contribution in [0.15, 0.2) is 55.1 Å². The van der Waals surface area contributed by atoms with Crippen molar-refractivity contribution in [3.63, 3.8) is 0 Å². The maximum absolute atomic E-state index is 13.8. The summed E-state index contributed by atoms with van der Waals surface area (Å²) in [4.78, 5) is 39.0. The van der Waals surface area contributed by atoms with Crippen LogP contribution < -0.4 is 10.9 Å². The highest BCUT2D eigenvalue weighted by atomic mass is 35.5. The van der Waals surface area contributed by atoms with Crippen molar-refractivity contribution < 1.29 is 23.2 Å². The molecule has 0 aliphatic carbocycles. The third-order valence-electron chi connectivity index (χ3n) is 5.76. The third kappa shape index (κ3) is 6.70. The number of aromatic amines is 1. The van der Waals surface area contributed by atoms with Crippen LogP contribution in [-0.2, 0) is 29.1 Å². The highest BCUT2D eigenvalue weighted by molar-refractivity contribution is 6.31. The second kappa shape index (κ2) is 12.0. The topological polar surface area (TPSA) is 103 Å². The smallest absolute Gasteiger partial charge is 0.345 e. The largest absolute Gasteiger partial charge is 0.348 e. The first-order valence-electron chi connectivity index (χ1n) is 11.4. The van der Waals surface area contributed by atoms with Gasteiger partial charge in [0, 0.05) is 38.0 Å². The summed E-state index contributed by atoms with van der Waals surface area (Å²) in [5.41, 5.74) is 8.07. The number of carbonyl (C=O) groups is 2. The van der Waals surface area contributed by atoms with Gasteiger partial charge in [0.25, 0.3) is 0 Å². The van der Waals surface area contributed by atoms with Crippen molar-refractivity contribution >= 4 is 29.6 Å². The minimum absolute atomic E-state index is 0.0361. The van der Waals surface area contributed by atoms with Crippen LogP contribution in [0.2, 0.25) is 5.02 Å². The molecule has 1 aromatic heterocycles. The van der Waals surface area contributed by atoms with Crippen LogP contribution in [0.4, 0.5) is 13.6 Å². The number of hydroxylamine groups is 1. The molecule has 2 heterocycles. The zero-order valence-electron chi connectivity index (χ0n) is 19.9. The van der Waals surface area contributed by atoms with E-state index in [4.69, 9.17) is 16.4 Å². The van der Waals surface area contributed by atoms with Crippen molar-refractivity contribution in [1.29, 1.82) is 0 Å². The van der Waals surface area contributed by atoms with Crippen LogP contribution in [-0.4, -0.2) is 44.5 Å². The number of hydrazine groups is 1. The van der Waals surface area contributed by atoms with Crippen LogP contribution >= 0.6 is 11.6 Å². The molecule has 1 aliphatic rings. The van der Waals surface area contributed by atoms with Gasteiger partial charge in [0.05, 0.1) is 30.5 Å². The van der Waals surface area contributed by atoms with Crippen molar-refractivity contribution in [3.8, 4) is 0 Å². The van der Waals surface area contributed by atoms with Gasteiger partial charge in [0.1, 0.15) is 11.6 Å². The van der Waals surface area contributed by atoms with E-state index >= 15 is 0 Å². The van der Waals surface area contributed by atoms with E-state index in [0.717, 1.165) is 11.3 Å². The Kier molecular flexibility index (Phi) is 8.49. The van der Waals surface area contributed by atoms with E-state index in [9.17, 15) is 18.4 Å². The highest BCUT2D eigenvalue weighted by Crippen LogP contribution is 2.21. The molecule has 3 aromatic rings. The van der Waals surface area contributed by atoms with E-state index in [-0.39, 0.29) is 36.4 Å². The molecule has 2 aromatic carbocycles. The van der Waals surface area contributed by atoms with E-state index in [1.165, 1.54) is 53.6 Å². The van der Waals surface area contributed by atoms with Gasteiger partial charge < -0.3 is 4.98 Å². The van der Waals surface area contributed by atoms with E-state index in [0.29, 0.717) is 17.5 Å². The zero-order valence-corrected chi connectivity index (χ0v) is 20.6. The molecule has 0 fully saturated rings. The highest BCUT2D eigenvalue weighted by Gasteiger charge is 2.24. The minimum Gasteiger partial charge on any atom is -0.348 e. The molecule has 0 saturated carbocycles. The van der Waals surface area contributed by atoms with Gasteiger partial charge in [-0.15, -0.1) is 0 Å². The van der Waals surface area contributed by atoms with Crippen LogP contribution in [0.1, 0.15) is 29.3 Å². The molecule has 12 heteroatoms. The van der Waals surface area contributed by atoms with Crippen LogP contribution in [0, 0.1) is 11.6 Å². The molecule has 9 nitrogen and oxygen atoms in total. The van der Waals surface area contributed by atoms with E-state index in [2.05, 4.69) is 20.9 Å². The Bertz CT molecular complexity index is 1290. The first-order chi connectivity index (χ1) is 17.8. The average Bonchev–Trinajstić information content (AvgIpc) is 3.39. The maximum Gasteiger partial charge on any atom is 0.345 e. The molecule has 194 valence electrons. The first kappa shape index (κ1) is 26.3. The van der Waals surface area contributed by atoms with Crippen molar-refractivity contribution in [2.75, 3.05) is 6.61 Å². The summed E-state index contributed by atoms with van der Waals surface area (Å²) in [6, 6.07) is 7.68.